The average molecular weight is 206 g/mol. The van der Waals surface area contributed by atoms with Crippen molar-refractivity contribution in [2.45, 2.75) is 25.4 Å². The van der Waals surface area contributed by atoms with Gasteiger partial charge in [0.05, 0.1) is 24.9 Å². The highest BCUT2D eigenvalue weighted by atomic mass is 16.3. The van der Waals surface area contributed by atoms with Gasteiger partial charge in [-0.2, -0.15) is 0 Å². The van der Waals surface area contributed by atoms with Crippen molar-refractivity contribution in [1.82, 2.24) is 9.88 Å². The smallest absolute Gasteiger partial charge is 0.223 e. The summed E-state index contributed by atoms with van der Waals surface area (Å²) < 4.78 is 0. The number of amides is 1. The van der Waals surface area contributed by atoms with E-state index in [1.54, 1.807) is 11.1 Å². The molecule has 0 aliphatic carbocycles. The van der Waals surface area contributed by atoms with E-state index in [0.29, 0.717) is 13.0 Å². The zero-order chi connectivity index (χ0) is 10.7. The molecule has 0 spiro atoms. The Labute approximate surface area is 88.6 Å². The zero-order valence-electron chi connectivity index (χ0n) is 8.47. The third kappa shape index (κ3) is 2.15. The van der Waals surface area contributed by atoms with Crippen molar-refractivity contribution < 1.29 is 9.90 Å². The van der Waals surface area contributed by atoms with Crippen molar-refractivity contribution in [3.05, 3.63) is 30.1 Å². The van der Waals surface area contributed by atoms with Crippen LogP contribution in [0.2, 0.25) is 0 Å². The van der Waals surface area contributed by atoms with Gasteiger partial charge in [0.1, 0.15) is 0 Å². The van der Waals surface area contributed by atoms with E-state index in [1.807, 2.05) is 18.2 Å². The van der Waals surface area contributed by atoms with Crippen molar-refractivity contribution >= 4 is 5.91 Å². The lowest BCUT2D eigenvalue weighted by Gasteiger charge is -2.22. The molecule has 0 bridgehead atoms. The first-order chi connectivity index (χ1) is 7.31. The van der Waals surface area contributed by atoms with Crippen molar-refractivity contribution in [1.29, 1.82) is 0 Å². The standard InChI is InChI=1S/C11H14N2O2/c14-8-10-4-5-11(15)13(10)7-9-3-1-2-6-12-9/h1-3,6,10,14H,4-5,7-8H2. The number of hydrogen-bond donors (Lipinski definition) is 1. The highest BCUT2D eigenvalue weighted by Crippen LogP contribution is 2.20. The van der Waals surface area contributed by atoms with Crippen LogP contribution in [0.15, 0.2) is 24.4 Å². The minimum Gasteiger partial charge on any atom is -0.394 e. The summed E-state index contributed by atoms with van der Waals surface area (Å²) in [5.74, 6) is 0.111. The number of pyridine rings is 1. The molecule has 2 rings (SSSR count). The summed E-state index contributed by atoms with van der Waals surface area (Å²) in [4.78, 5) is 17.4. The topological polar surface area (TPSA) is 53.4 Å². The Kier molecular flexibility index (Phi) is 2.97. The van der Waals surface area contributed by atoms with Gasteiger partial charge in [-0.05, 0) is 18.6 Å². The largest absolute Gasteiger partial charge is 0.394 e. The van der Waals surface area contributed by atoms with Crippen LogP contribution in [0.5, 0.6) is 0 Å². The number of carbonyl (C=O) groups is 1. The number of aromatic nitrogens is 1. The molecule has 0 aromatic carbocycles. The van der Waals surface area contributed by atoms with Gasteiger partial charge in [-0.3, -0.25) is 9.78 Å². The normalized spacial score (nSPS) is 21.0. The van der Waals surface area contributed by atoms with Crippen LogP contribution in [0.3, 0.4) is 0 Å². The summed E-state index contributed by atoms with van der Waals surface area (Å²) >= 11 is 0. The Morgan fingerprint density at radius 3 is 3.07 bits per heavy atom. The highest BCUT2D eigenvalue weighted by molar-refractivity contribution is 5.78. The van der Waals surface area contributed by atoms with E-state index in [4.69, 9.17) is 5.11 Å². The molecular weight excluding hydrogens is 192 g/mol. The van der Waals surface area contributed by atoms with Crippen molar-refractivity contribution in [3.63, 3.8) is 0 Å². The van der Waals surface area contributed by atoms with Crippen LogP contribution in [-0.2, 0) is 11.3 Å². The van der Waals surface area contributed by atoms with Gasteiger partial charge in [-0.25, -0.2) is 0 Å². The molecule has 1 atom stereocenters. The van der Waals surface area contributed by atoms with Gasteiger partial charge in [0.25, 0.3) is 0 Å². The number of carbonyl (C=O) groups excluding carboxylic acids is 1. The fourth-order valence-electron chi connectivity index (χ4n) is 1.87. The molecule has 1 aromatic heterocycles. The molecule has 0 saturated carbocycles. The molecule has 1 unspecified atom stereocenters. The van der Waals surface area contributed by atoms with Crippen LogP contribution in [0.1, 0.15) is 18.5 Å². The second-order valence-electron chi connectivity index (χ2n) is 3.72. The van der Waals surface area contributed by atoms with Crippen LogP contribution < -0.4 is 0 Å². The maximum atomic E-state index is 11.5. The molecule has 1 aliphatic heterocycles. The summed E-state index contributed by atoms with van der Waals surface area (Å²) in [5.41, 5.74) is 0.867. The van der Waals surface area contributed by atoms with Gasteiger partial charge in [0, 0.05) is 12.6 Å². The third-order valence-electron chi connectivity index (χ3n) is 2.72. The first-order valence-electron chi connectivity index (χ1n) is 5.11. The molecular formula is C11H14N2O2. The zero-order valence-corrected chi connectivity index (χ0v) is 8.47. The minimum atomic E-state index is -0.0282. The average Bonchev–Trinajstić information content (AvgIpc) is 2.62. The first-order valence-corrected chi connectivity index (χ1v) is 5.11. The second kappa shape index (κ2) is 4.40. The Balaban J connectivity index is 2.07. The number of aliphatic hydroxyl groups excluding tert-OH is 1. The number of aliphatic hydroxyl groups is 1. The van der Waals surface area contributed by atoms with Crippen LogP contribution in [0.25, 0.3) is 0 Å². The molecule has 1 saturated heterocycles. The monoisotopic (exact) mass is 206 g/mol. The molecule has 1 N–H and O–H groups in total. The Bertz CT molecular complexity index is 340. The number of hydrogen-bond acceptors (Lipinski definition) is 3. The summed E-state index contributed by atoms with van der Waals surface area (Å²) in [6, 6.07) is 5.61. The summed E-state index contributed by atoms with van der Waals surface area (Å²) in [7, 11) is 0. The second-order valence-corrected chi connectivity index (χ2v) is 3.72. The highest BCUT2D eigenvalue weighted by Gasteiger charge is 2.30. The van der Waals surface area contributed by atoms with Crippen LogP contribution in [-0.4, -0.2) is 33.5 Å². The molecule has 0 radical (unpaired) electrons. The summed E-state index contributed by atoms with van der Waals surface area (Å²) in [5, 5.41) is 9.12. The van der Waals surface area contributed by atoms with E-state index in [9.17, 15) is 4.79 Å². The molecule has 4 nitrogen and oxygen atoms in total. The molecule has 15 heavy (non-hydrogen) atoms. The molecule has 1 amide bonds. The van der Waals surface area contributed by atoms with E-state index in [-0.39, 0.29) is 18.6 Å². The van der Waals surface area contributed by atoms with Gasteiger partial charge in [0.15, 0.2) is 0 Å². The first kappa shape index (κ1) is 10.1. The summed E-state index contributed by atoms with van der Waals surface area (Å²) in [6.07, 6.45) is 3.00. The van der Waals surface area contributed by atoms with E-state index < -0.39 is 0 Å². The maximum Gasteiger partial charge on any atom is 0.223 e. The van der Waals surface area contributed by atoms with E-state index in [2.05, 4.69) is 4.98 Å². The maximum absolute atomic E-state index is 11.5. The lowest BCUT2D eigenvalue weighted by Crippen LogP contribution is -2.34. The van der Waals surface area contributed by atoms with Gasteiger partial charge in [-0.15, -0.1) is 0 Å². The Morgan fingerprint density at radius 1 is 1.53 bits per heavy atom. The Hall–Kier alpha value is -1.42. The van der Waals surface area contributed by atoms with Gasteiger partial charge >= 0.3 is 0 Å². The lowest BCUT2D eigenvalue weighted by molar-refractivity contribution is -0.130. The predicted octanol–water partition coefficient (Wildman–Crippen LogP) is 0.565. The van der Waals surface area contributed by atoms with E-state index in [0.717, 1.165) is 12.1 Å². The predicted molar refractivity (Wildman–Crippen MR) is 54.9 cm³/mol. The molecule has 1 fully saturated rings. The van der Waals surface area contributed by atoms with Gasteiger partial charge in [0.2, 0.25) is 5.91 Å². The van der Waals surface area contributed by atoms with Crippen molar-refractivity contribution in [3.8, 4) is 0 Å². The van der Waals surface area contributed by atoms with Crippen LogP contribution in [0, 0.1) is 0 Å². The van der Waals surface area contributed by atoms with Crippen LogP contribution >= 0.6 is 0 Å². The van der Waals surface area contributed by atoms with Gasteiger partial charge < -0.3 is 10.0 Å². The molecule has 80 valence electrons. The number of nitrogens with zero attached hydrogens (tertiary/aromatic N) is 2. The minimum absolute atomic E-state index is 0.0282. The third-order valence-corrected chi connectivity index (χ3v) is 2.72. The Morgan fingerprint density at radius 2 is 2.40 bits per heavy atom. The number of likely N-dealkylation sites (tertiary alicyclic amines) is 1. The molecule has 4 heteroatoms. The number of rotatable bonds is 3. The molecule has 2 heterocycles. The SMILES string of the molecule is O=C1CCC(CO)N1Cc1ccccn1. The van der Waals surface area contributed by atoms with E-state index >= 15 is 0 Å². The fourth-order valence-corrected chi connectivity index (χ4v) is 1.87. The van der Waals surface area contributed by atoms with Crippen molar-refractivity contribution in [2.75, 3.05) is 6.61 Å². The fraction of sp³-hybridized carbons (Fsp3) is 0.455. The quantitative estimate of drug-likeness (QED) is 0.786. The lowest BCUT2D eigenvalue weighted by atomic mass is 10.2. The van der Waals surface area contributed by atoms with Gasteiger partial charge in [-0.1, -0.05) is 6.07 Å². The van der Waals surface area contributed by atoms with Crippen molar-refractivity contribution in [2.24, 2.45) is 0 Å². The molecule has 1 aliphatic rings. The summed E-state index contributed by atoms with van der Waals surface area (Å²) in [6.45, 7) is 0.545. The molecule has 1 aromatic rings. The van der Waals surface area contributed by atoms with E-state index in [1.165, 1.54) is 0 Å². The van der Waals surface area contributed by atoms with Crippen LogP contribution in [0.4, 0.5) is 0 Å².